The van der Waals surface area contributed by atoms with E-state index in [1.54, 1.807) is 0 Å². The summed E-state index contributed by atoms with van der Waals surface area (Å²) in [6.07, 6.45) is 0.923. The Morgan fingerprint density at radius 3 is 2.21 bits per heavy atom. The van der Waals surface area contributed by atoms with Crippen LogP contribution in [0.4, 0.5) is 28.4 Å². The molecule has 0 atom stereocenters. The largest absolute Gasteiger partial charge is 0.479 e. The third-order valence-electron chi connectivity index (χ3n) is 4.81. The summed E-state index contributed by atoms with van der Waals surface area (Å²) in [5.74, 6) is -0.139. The van der Waals surface area contributed by atoms with E-state index < -0.39 is 0 Å². The van der Waals surface area contributed by atoms with Gasteiger partial charge in [0, 0.05) is 55.7 Å². The van der Waals surface area contributed by atoms with Gasteiger partial charge < -0.3 is 31.3 Å². The van der Waals surface area contributed by atoms with Gasteiger partial charge in [-0.15, -0.1) is 0 Å². The van der Waals surface area contributed by atoms with Crippen LogP contribution in [0.25, 0.3) is 0 Å². The molecule has 1 saturated heterocycles. The number of ether oxygens (including phenoxy) is 1. The normalized spacial score (nSPS) is 13.9. The van der Waals surface area contributed by atoms with Crippen LogP contribution in [0.5, 0.6) is 0 Å². The van der Waals surface area contributed by atoms with Crippen LogP contribution in [0.1, 0.15) is 12.5 Å². The van der Waals surface area contributed by atoms with Crippen molar-refractivity contribution < 1.29 is 9.53 Å². The van der Waals surface area contributed by atoms with Crippen LogP contribution in [-0.2, 0) is 16.1 Å². The molecule has 0 aromatic heterocycles. The summed E-state index contributed by atoms with van der Waals surface area (Å²) in [7, 11) is 0. The number of anilines is 5. The van der Waals surface area contributed by atoms with E-state index in [2.05, 4.69) is 15.1 Å². The summed E-state index contributed by atoms with van der Waals surface area (Å²) in [6, 6.07) is 11.6. The lowest BCUT2D eigenvalue weighted by atomic mass is 10.1. The molecule has 1 fully saturated rings. The van der Waals surface area contributed by atoms with Crippen molar-refractivity contribution in [2.45, 2.75) is 13.5 Å². The van der Waals surface area contributed by atoms with Crippen LogP contribution in [0, 0.1) is 5.41 Å². The van der Waals surface area contributed by atoms with E-state index in [1.807, 2.05) is 36.4 Å². The fourth-order valence-electron chi connectivity index (χ4n) is 3.31. The highest BCUT2D eigenvalue weighted by Crippen LogP contribution is 2.28. The number of rotatable bonds is 6. The van der Waals surface area contributed by atoms with Crippen molar-refractivity contribution in [3.8, 4) is 0 Å². The molecule has 0 bridgehead atoms. The molecule has 3 rings (SSSR count). The number of nitrogens with two attached hydrogens (primary N) is 2. The number of carbonyl (C=O) groups is 1. The maximum atomic E-state index is 11.4. The van der Waals surface area contributed by atoms with Gasteiger partial charge in [0.05, 0.1) is 11.4 Å². The number of nitrogens with zero attached hydrogens (tertiary/aromatic N) is 2. The van der Waals surface area contributed by atoms with E-state index >= 15 is 0 Å². The number of carbonyl (C=O) groups excluding carboxylic acids is 1. The lowest BCUT2D eigenvalue weighted by Gasteiger charge is -2.37. The fourth-order valence-corrected chi connectivity index (χ4v) is 3.31. The minimum absolute atomic E-state index is 0.139. The monoisotopic (exact) mass is 382 g/mol. The molecule has 1 aliphatic rings. The summed E-state index contributed by atoms with van der Waals surface area (Å²) in [5, 5.41) is 9.78. The number of piperazine rings is 1. The van der Waals surface area contributed by atoms with Gasteiger partial charge in [-0.05, 0) is 36.4 Å². The highest BCUT2D eigenvalue weighted by molar-refractivity contribution is 5.93. The number of benzene rings is 2. The van der Waals surface area contributed by atoms with Crippen LogP contribution in [0.2, 0.25) is 0 Å². The van der Waals surface area contributed by atoms with Crippen molar-refractivity contribution in [3.63, 3.8) is 0 Å². The summed E-state index contributed by atoms with van der Waals surface area (Å²) < 4.78 is 5.06. The Morgan fingerprint density at radius 2 is 1.64 bits per heavy atom. The summed E-state index contributed by atoms with van der Waals surface area (Å²) in [4.78, 5) is 15.9. The Hall–Kier alpha value is -3.42. The minimum atomic E-state index is -0.139. The molecule has 28 heavy (non-hydrogen) atoms. The van der Waals surface area contributed by atoms with Crippen molar-refractivity contribution in [1.29, 1.82) is 5.41 Å². The second-order valence-corrected chi connectivity index (χ2v) is 6.74. The molecule has 1 amide bonds. The summed E-state index contributed by atoms with van der Waals surface area (Å²) in [5.41, 5.74) is 16.8. The molecule has 6 N–H and O–H groups in total. The molecule has 0 unspecified atom stereocenters. The van der Waals surface area contributed by atoms with Crippen LogP contribution in [-0.4, -0.2) is 38.5 Å². The highest BCUT2D eigenvalue weighted by Gasteiger charge is 2.19. The Morgan fingerprint density at radius 1 is 1.07 bits per heavy atom. The first-order chi connectivity index (χ1) is 13.5. The summed E-state index contributed by atoms with van der Waals surface area (Å²) in [6.45, 7) is 5.17. The number of hydrogen-bond acceptors (Lipinski definition) is 7. The maximum Gasteiger partial charge on any atom is 0.221 e. The zero-order valence-electron chi connectivity index (χ0n) is 15.9. The van der Waals surface area contributed by atoms with Crippen molar-refractivity contribution in [1.82, 2.24) is 0 Å². The smallest absolute Gasteiger partial charge is 0.221 e. The Balaban J connectivity index is 1.68. The molecule has 0 aliphatic carbocycles. The molecule has 2 aromatic carbocycles. The van der Waals surface area contributed by atoms with Crippen molar-refractivity contribution >= 4 is 40.7 Å². The van der Waals surface area contributed by atoms with E-state index in [0.717, 1.165) is 49.5 Å². The third kappa shape index (κ3) is 4.46. The van der Waals surface area contributed by atoms with E-state index in [9.17, 15) is 4.79 Å². The molecule has 0 saturated carbocycles. The SMILES string of the molecule is CC(=O)Nc1cc(N2CCN(c3ccc(N)c(COC=N)c3)CC2)ccc1N. The van der Waals surface area contributed by atoms with Gasteiger partial charge in [0.1, 0.15) is 6.61 Å². The third-order valence-corrected chi connectivity index (χ3v) is 4.81. The van der Waals surface area contributed by atoms with Crippen molar-refractivity contribution in [3.05, 3.63) is 42.0 Å². The van der Waals surface area contributed by atoms with Crippen molar-refractivity contribution in [2.24, 2.45) is 0 Å². The zero-order chi connectivity index (χ0) is 20.1. The maximum absolute atomic E-state index is 11.4. The van der Waals surface area contributed by atoms with E-state index in [-0.39, 0.29) is 5.91 Å². The van der Waals surface area contributed by atoms with E-state index in [0.29, 0.717) is 23.7 Å². The van der Waals surface area contributed by atoms with Crippen LogP contribution in [0.3, 0.4) is 0 Å². The second-order valence-electron chi connectivity index (χ2n) is 6.74. The Kier molecular flexibility index (Phi) is 5.88. The number of nitrogens with one attached hydrogen (secondary N) is 2. The molecular formula is C20H26N6O2. The van der Waals surface area contributed by atoms with Crippen LogP contribution >= 0.6 is 0 Å². The Labute approximate surface area is 164 Å². The van der Waals surface area contributed by atoms with E-state index in [1.165, 1.54) is 6.92 Å². The van der Waals surface area contributed by atoms with Gasteiger partial charge in [0.2, 0.25) is 5.91 Å². The molecule has 1 heterocycles. The average molecular weight is 382 g/mol. The number of nitrogen functional groups attached to an aromatic ring is 2. The average Bonchev–Trinajstić information content (AvgIpc) is 2.69. The van der Waals surface area contributed by atoms with Gasteiger partial charge in [-0.1, -0.05) is 0 Å². The highest BCUT2D eigenvalue weighted by atomic mass is 16.5. The van der Waals surface area contributed by atoms with E-state index in [4.69, 9.17) is 21.6 Å². The molecule has 0 radical (unpaired) electrons. The van der Waals surface area contributed by atoms with Gasteiger partial charge in [-0.25, -0.2) is 0 Å². The van der Waals surface area contributed by atoms with Gasteiger partial charge in [0.25, 0.3) is 0 Å². The molecule has 2 aromatic rings. The standard InChI is InChI=1S/C20H26N6O2/c1-14(27)24-20-11-17(3-5-19(20)23)26-8-6-25(7-9-26)16-2-4-18(22)15(10-16)12-28-13-21/h2-5,10-11,13,21H,6-9,12,22-23H2,1H3,(H,24,27). The molecule has 148 valence electrons. The number of amides is 1. The predicted octanol–water partition coefficient (Wildman–Crippen LogP) is 2.26. The lowest BCUT2D eigenvalue weighted by molar-refractivity contribution is -0.114. The first-order valence-electron chi connectivity index (χ1n) is 9.14. The lowest BCUT2D eigenvalue weighted by Crippen LogP contribution is -2.46. The van der Waals surface area contributed by atoms with Gasteiger partial charge in [0.15, 0.2) is 6.40 Å². The molecule has 1 aliphatic heterocycles. The summed E-state index contributed by atoms with van der Waals surface area (Å²) >= 11 is 0. The number of hydrogen-bond donors (Lipinski definition) is 4. The topological polar surface area (TPSA) is 121 Å². The predicted molar refractivity (Wildman–Crippen MR) is 114 cm³/mol. The van der Waals surface area contributed by atoms with Gasteiger partial charge >= 0.3 is 0 Å². The minimum Gasteiger partial charge on any atom is -0.479 e. The first-order valence-corrected chi connectivity index (χ1v) is 9.14. The van der Waals surface area contributed by atoms with Crippen LogP contribution < -0.4 is 26.6 Å². The second kappa shape index (κ2) is 8.51. The zero-order valence-corrected chi connectivity index (χ0v) is 15.9. The Bertz CT molecular complexity index is 862. The van der Waals surface area contributed by atoms with Crippen molar-refractivity contribution in [2.75, 3.05) is 52.8 Å². The van der Waals surface area contributed by atoms with Gasteiger partial charge in [-0.3, -0.25) is 10.2 Å². The fraction of sp³-hybridized carbons (Fsp3) is 0.300. The molecular weight excluding hydrogens is 356 g/mol. The van der Waals surface area contributed by atoms with Gasteiger partial charge in [-0.2, -0.15) is 0 Å². The molecule has 0 spiro atoms. The molecule has 8 nitrogen and oxygen atoms in total. The first kappa shape index (κ1) is 19.3. The quantitative estimate of drug-likeness (QED) is 0.345. The van der Waals surface area contributed by atoms with Crippen LogP contribution in [0.15, 0.2) is 36.4 Å². The molecule has 8 heteroatoms.